The average Bonchev–Trinajstić information content (AvgIpc) is 3.03. The first-order valence-electron chi connectivity index (χ1n) is 5.03. The number of ether oxygens (including phenoxy) is 4. The normalized spacial score (nSPS) is 22.1. The fraction of sp³-hybridized carbons (Fsp3) is 1.00. The van der Waals surface area contributed by atoms with E-state index in [1.54, 1.807) is 21.3 Å². The largest absolute Gasteiger partial charge is 0.373 e. The molecule has 0 spiro atoms. The van der Waals surface area contributed by atoms with Gasteiger partial charge in [-0.1, -0.05) is 6.04 Å². The molecule has 0 amide bonds. The topological polar surface area (TPSA) is 40.2 Å². The quantitative estimate of drug-likeness (QED) is 0.256. The van der Waals surface area contributed by atoms with Gasteiger partial charge in [-0.15, -0.1) is 0 Å². The molecule has 0 radical (unpaired) electrons. The Morgan fingerprint density at radius 3 is 2.29 bits per heavy atom. The zero-order valence-electron chi connectivity index (χ0n) is 9.25. The van der Waals surface area contributed by atoms with Gasteiger partial charge in [-0.2, -0.15) is 0 Å². The highest BCUT2D eigenvalue weighted by Gasteiger charge is 2.29. The van der Waals surface area contributed by atoms with Crippen molar-refractivity contribution in [2.24, 2.45) is 0 Å². The zero-order chi connectivity index (χ0) is 10.4. The van der Waals surface area contributed by atoms with E-state index in [4.69, 9.17) is 18.9 Å². The molecule has 1 heterocycles. The molecule has 0 aliphatic carbocycles. The Hall–Kier alpha value is 0.0569. The van der Waals surface area contributed by atoms with Crippen molar-refractivity contribution < 1.29 is 18.9 Å². The highest BCUT2D eigenvalue weighted by molar-refractivity contribution is 6.35. The van der Waals surface area contributed by atoms with Crippen LogP contribution in [0.15, 0.2) is 0 Å². The van der Waals surface area contributed by atoms with Crippen LogP contribution in [-0.4, -0.2) is 49.5 Å². The van der Waals surface area contributed by atoms with E-state index in [0.717, 1.165) is 19.1 Å². The molecule has 5 heteroatoms. The van der Waals surface area contributed by atoms with Crippen molar-refractivity contribution in [3.8, 4) is 0 Å². The van der Waals surface area contributed by atoms with E-state index in [9.17, 15) is 0 Å². The van der Waals surface area contributed by atoms with Crippen LogP contribution in [-0.2, 0) is 18.9 Å². The summed E-state index contributed by atoms with van der Waals surface area (Å²) in [4.78, 5) is 0. The van der Waals surface area contributed by atoms with E-state index in [2.05, 4.69) is 0 Å². The first kappa shape index (κ1) is 12.1. The molecule has 0 aromatic heterocycles. The fourth-order valence-electron chi connectivity index (χ4n) is 1.50. The molecule has 84 valence electrons. The average molecular weight is 220 g/mol. The molecule has 0 bridgehead atoms. The maximum absolute atomic E-state index is 5.21. The molecule has 0 saturated carbocycles. The van der Waals surface area contributed by atoms with Crippen molar-refractivity contribution in [2.45, 2.75) is 30.6 Å². The van der Waals surface area contributed by atoms with Crippen molar-refractivity contribution >= 4 is 9.52 Å². The molecule has 1 atom stereocenters. The summed E-state index contributed by atoms with van der Waals surface area (Å²) < 4.78 is 20.8. The summed E-state index contributed by atoms with van der Waals surface area (Å²) >= 11 is 0. The summed E-state index contributed by atoms with van der Waals surface area (Å²) in [6, 6.07) is 2.43. The molecule has 4 nitrogen and oxygen atoms in total. The third-order valence-electron chi connectivity index (χ3n) is 2.59. The summed E-state index contributed by atoms with van der Waals surface area (Å²) in [5.74, 6) is -0.822. The minimum absolute atomic E-state index is 0.0464. The summed E-state index contributed by atoms with van der Waals surface area (Å²) in [5.41, 5.74) is 0. The summed E-state index contributed by atoms with van der Waals surface area (Å²) in [7, 11) is 4.78. The van der Waals surface area contributed by atoms with Crippen LogP contribution in [0.5, 0.6) is 0 Å². The number of hydrogen-bond acceptors (Lipinski definition) is 4. The molecule has 14 heavy (non-hydrogen) atoms. The Morgan fingerprint density at radius 2 is 1.86 bits per heavy atom. The fourth-order valence-corrected chi connectivity index (χ4v) is 3.26. The summed E-state index contributed by atoms with van der Waals surface area (Å²) in [6.45, 7) is 0.969. The van der Waals surface area contributed by atoms with Crippen LogP contribution >= 0.6 is 0 Å². The van der Waals surface area contributed by atoms with Crippen LogP contribution in [0.1, 0.15) is 6.42 Å². The standard InChI is InChI=1S/C9H20O4Si/c1-10-9(11-2,12-3)4-5-14-7-8-6-13-8/h8H,4-7,14H2,1-3H3. The lowest BCUT2D eigenvalue weighted by Crippen LogP contribution is -2.36. The van der Waals surface area contributed by atoms with Gasteiger partial charge < -0.3 is 18.9 Å². The van der Waals surface area contributed by atoms with E-state index < -0.39 is 5.97 Å². The molecule has 1 unspecified atom stereocenters. The third-order valence-corrected chi connectivity index (χ3v) is 4.50. The van der Waals surface area contributed by atoms with Crippen molar-refractivity contribution in [3.63, 3.8) is 0 Å². The molecule has 0 aromatic carbocycles. The molecule has 1 saturated heterocycles. The van der Waals surface area contributed by atoms with Crippen LogP contribution in [0.25, 0.3) is 0 Å². The number of hydrogen-bond donors (Lipinski definition) is 0. The SMILES string of the molecule is COC(CC[SiH2]CC1CO1)(OC)OC. The van der Waals surface area contributed by atoms with Crippen LogP contribution < -0.4 is 0 Å². The maximum Gasteiger partial charge on any atom is 0.281 e. The molecule has 0 aromatic rings. The Kier molecular flexibility index (Phi) is 5.04. The van der Waals surface area contributed by atoms with Gasteiger partial charge in [-0.25, -0.2) is 0 Å². The molecule has 1 aliphatic heterocycles. The second-order valence-electron chi connectivity index (χ2n) is 3.50. The van der Waals surface area contributed by atoms with Gasteiger partial charge in [0.25, 0.3) is 5.97 Å². The first-order chi connectivity index (χ1) is 6.76. The molecule has 0 N–H and O–H groups in total. The lowest BCUT2D eigenvalue weighted by Gasteiger charge is -2.28. The first-order valence-corrected chi connectivity index (χ1v) is 7.03. The molecule has 1 rings (SSSR count). The van der Waals surface area contributed by atoms with Crippen molar-refractivity contribution in [3.05, 3.63) is 0 Å². The van der Waals surface area contributed by atoms with E-state index in [-0.39, 0.29) is 9.52 Å². The number of methoxy groups -OCH3 is 3. The predicted molar refractivity (Wildman–Crippen MR) is 56.3 cm³/mol. The number of rotatable bonds is 8. The van der Waals surface area contributed by atoms with Gasteiger partial charge in [0.05, 0.1) is 12.7 Å². The van der Waals surface area contributed by atoms with Gasteiger partial charge in [0.15, 0.2) is 0 Å². The highest BCUT2D eigenvalue weighted by Crippen LogP contribution is 2.21. The van der Waals surface area contributed by atoms with Crippen LogP contribution in [0, 0.1) is 0 Å². The second kappa shape index (κ2) is 5.82. The molecular formula is C9H20O4Si. The summed E-state index contributed by atoms with van der Waals surface area (Å²) in [5, 5.41) is 0. The van der Waals surface area contributed by atoms with Gasteiger partial charge in [0.1, 0.15) is 0 Å². The minimum atomic E-state index is -0.822. The highest BCUT2D eigenvalue weighted by atomic mass is 28.2. The Balaban J connectivity index is 2.11. The number of epoxide rings is 1. The smallest absolute Gasteiger partial charge is 0.281 e. The van der Waals surface area contributed by atoms with Crippen molar-refractivity contribution in [1.29, 1.82) is 0 Å². The van der Waals surface area contributed by atoms with Crippen LogP contribution in [0.4, 0.5) is 0 Å². The van der Waals surface area contributed by atoms with Gasteiger partial charge >= 0.3 is 0 Å². The van der Waals surface area contributed by atoms with Gasteiger partial charge in [-0.05, 0) is 6.04 Å². The van der Waals surface area contributed by atoms with Gasteiger partial charge in [0, 0.05) is 37.3 Å². The minimum Gasteiger partial charge on any atom is -0.373 e. The zero-order valence-corrected chi connectivity index (χ0v) is 10.7. The van der Waals surface area contributed by atoms with E-state index >= 15 is 0 Å². The summed E-state index contributed by atoms with van der Waals surface area (Å²) in [6.07, 6.45) is 1.39. The lowest BCUT2D eigenvalue weighted by atomic mass is 10.4. The molecular weight excluding hydrogens is 200 g/mol. The van der Waals surface area contributed by atoms with Crippen LogP contribution in [0.2, 0.25) is 12.1 Å². The van der Waals surface area contributed by atoms with Gasteiger partial charge in [-0.3, -0.25) is 0 Å². The Labute approximate surface area is 87.7 Å². The van der Waals surface area contributed by atoms with E-state index in [1.165, 1.54) is 6.04 Å². The van der Waals surface area contributed by atoms with E-state index in [1.807, 2.05) is 0 Å². The predicted octanol–water partition coefficient (Wildman–Crippen LogP) is 0.374. The Bertz CT molecular complexity index is 149. The Morgan fingerprint density at radius 1 is 1.29 bits per heavy atom. The van der Waals surface area contributed by atoms with Gasteiger partial charge in [0.2, 0.25) is 0 Å². The van der Waals surface area contributed by atoms with Crippen molar-refractivity contribution in [1.82, 2.24) is 0 Å². The third kappa shape index (κ3) is 3.66. The molecule has 1 aliphatic rings. The second-order valence-corrected chi connectivity index (χ2v) is 5.49. The van der Waals surface area contributed by atoms with E-state index in [0.29, 0.717) is 6.10 Å². The van der Waals surface area contributed by atoms with Crippen molar-refractivity contribution in [2.75, 3.05) is 27.9 Å². The molecule has 1 fully saturated rings. The monoisotopic (exact) mass is 220 g/mol. The maximum atomic E-state index is 5.21. The lowest BCUT2D eigenvalue weighted by molar-refractivity contribution is -0.352. The van der Waals surface area contributed by atoms with Crippen LogP contribution in [0.3, 0.4) is 0 Å².